The van der Waals surface area contributed by atoms with Crippen molar-refractivity contribution in [2.75, 3.05) is 7.11 Å². The van der Waals surface area contributed by atoms with Gasteiger partial charge >= 0.3 is 5.97 Å². The van der Waals surface area contributed by atoms with Crippen LogP contribution in [0.25, 0.3) is 22.3 Å². The minimum absolute atomic E-state index is 0.268. The lowest BCUT2D eigenvalue weighted by Gasteiger charge is -2.17. The van der Waals surface area contributed by atoms with Gasteiger partial charge in [-0.3, -0.25) is 4.98 Å². The second-order valence-electron chi connectivity index (χ2n) is 7.32. The minimum Gasteiger partial charge on any atom is -0.494 e. The Bertz CT molecular complexity index is 1230. The van der Waals surface area contributed by atoms with Crippen LogP contribution in [0.2, 0.25) is 0 Å². The Morgan fingerprint density at radius 1 is 0.906 bits per heavy atom. The van der Waals surface area contributed by atoms with E-state index in [-0.39, 0.29) is 5.56 Å². The highest BCUT2D eigenvalue weighted by Gasteiger charge is 2.18. The Morgan fingerprint density at radius 2 is 1.56 bits per heavy atom. The number of pyridine rings is 1. The fourth-order valence-corrected chi connectivity index (χ4v) is 3.64. The number of benzene rings is 3. The van der Waals surface area contributed by atoms with Crippen LogP contribution in [-0.4, -0.2) is 23.2 Å². The molecule has 5 heteroatoms. The summed E-state index contributed by atoms with van der Waals surface area (Å²) in [6.45, 7) is 2.31. The summed E-state index contributed by atoms with van der Waals surface area (Å²) in [6, 6.07) is 24.6. The van der Waals surface area contributed by atoms with Crippen molar-refractivity contribution in [1.29, 1.82) is 0 Å². The fourth-order valence-electron chi connectivity index (χ4n) is 3.64. The molecule has 0 saturated heterocycles. The van der Waals surface area contributed by atoms with Crippen LogP contribution in [-0.2, 0) is 6.61 Å². The predicted molar refractivity (Wildman–Crippen MR) is 124 cm³/mol. The highest BCUT2D eigenvalue weighted by atomic mass is 16.5. The number of ether oxygens (including phenoxy) is 2. The van der Waals surface area contributed by atoms with Crippen LogP contribution in [0.4, 0.5) is 0 Å². The van der Waals surface area contributed by atoms with Crippen LogP contribution < -0.4 is 9.47 Å². The van der Waals surface area contributed by atoms with Gasteiger partial charge in [0.15, 0.2) is 5.75 Å². The maximum Gasteiger partial charge on any atom is 0.336 e. The number of aromatic carboxylic acids is 1. The number of methoxy groups -OCH3 is 1. The Labute approximate surface area is 186 Å². The molecule has 3 aromatic carbocycles. The largest absolute Gasteiger partial charge is 0.494 e. The summed E-state index contributed by atoms with van der Waals surface area (Å²) in [7, 11) is 1.61. The topological polar surface area (TPSA) is 68.7 Å². The Hall–Kier alpha value is -4.12. The maximum atomic E-state index is 11.6. The predicted octanol–water partition coefficient (Wildman–Crippen LogP) is 6.01. The van der Waals surface area contributed by atoms with Crippen molar-refractivity contribution in [1.82, 2.24) is 4.98 Å². The van der Waals surface area contributed by atoms with E-state index in [2.05, 4.69) is 4.98 Å². The van der Waals surface area contributed by atoms with Gasteiger partial charge in [-0.2, -0.15) is 0 Å². The molecule has 5 nitrogen and oxygen atoms in total. The third-order valence-corrected chi connectivity index (χ3v) is 5.27. The molecule has 4 rings (SSSR count). The summed E-state index contributed by atoms with van der Waals surface area (Å²) >= 11 is 0. The molecule has 32 heavy (non-hydrogen) atoms. The number of aryl methyl sites for hydroxylation is 1. The normalized spacial score (nSPS) is 10.6. The average molecular weight is 425 g/mol. The molecule has 1 aromatic heterocycles. The van der Waals surface area contributed by atoms with Crippen molar-refractivity contribution in [3.8, 4) is 33.8 Å². The molecule has 0 bridgehead atoms. The summed E-state index contributed by atoms with van der Waals surface area (Å²) in [5.74, 6) is 0.317. The molecule has 0 spiro atoms. The van der Waals surface area contributed by atoms with E-state index in [0.717, 1.165) is 27.9 Å². The molecule has 0 saturated carbocycles. The lowest BCUT2D eigenvalue weighted by atomic mass is 9.96. The molecule has 0 atom stereocenters. The van der Waals surface area contributed by atoms with Crippen molar-refractivity contribution >= 4 is 5.97 Å². The average Bonchev–Trinajstić information content (AvgIpc) is 2.84. The van der Waals surface area contributed by atoms with Crippen molar-refractivity contribution in [2.45, 2.75) is 13.5 Å². The highest BCUT2D eigenvalue weighted by molar-refractivity contribution is 5.96. The smallest absolute Gasteiger partial charge is 0.336 e. The molecule has 0 aliphatic rings. The molecule has 1 heterocycles. The van der Waals surface area contributed by atoms with Crippen LogP contribution in [0, 0.1) is 6.92 Å². The van der Waals surface area contributed by atoms with E-state index in [1.807, 2.05) is 73.7 Å². The van der Waals surface area contributed by atoms with E-state index in [4.69, 9.17) is 9.47 Å². The summed E-state index contributed by atoms with van der Waals surface area (Å²) < 4.78 is 11.8. The first kappa shape index (κ1) is 21.1. The standard InChI is InChI=1S/C27H23NO4/c1-18-26(32-17-19-8-4-3-5-9-19)25(24(31-2)16-28-18)21-14-12-20(13-15-21)22-10-6-7-11-23(22)27(29)30/h3-16H,17H2,1-2H3,(H,29,30). The van der Waals surface area contributed by atoms with Gasteiger partial charge in [0.1, 0.15) is 12.4 Å². The van der Waals surface area contributed by atoms with Crippen LogP contribution in [0.3, 0.4) is 0 Å². The Balaban J connectivity index is 1.73. The van der Waals surface area contributed by atoms with Crippen LogP contribution in [0.5, 0.6) is 11.5 Å². The van der Waals surface area contributed by atoms with Gasteiger partial charge in [0.2, 0.25) is 0 Å². The second-order valence-corrected chi connectivity index (χ2v) is 7.32. The highest BCUT2D eigenvalue weighted by Crippen LogP contribution is 2.40. The second kappa shape index (κ2) is 9.35. The zero-order valence-electron chi connectivity index (χ0n) is 17.9. The lowest BCUT2D eigenvalue weighted by molar-refractivity contribution is 0.0697. The number of hydrogen-bond donors (Lipinski definition) is 1. The summed E-state index contributed by atoms with van der Waals surface area (Å²) in [5, 5.41) is 9.51. The zero-order chi connectivity index (χ0) is 22.5. The number of rotatable bonds is 7. The van der Waals surface area contributed by atoms with Crippen molar-refractivity contribution < 1.29 is 19.4 Å². The molecule has 0 aliphatic carbocycles. The van der Waals surface area contributed by atoms with Crippen molar-refractivity contribution in [2.24, 2.45) is 0 Å². The molecule has 0 unspecified atom stereocenters. The zero-order valence-corrected chi connectivity index (χ0v) is 17.9. The monoisotopic (exact) mass is 425 g/mol. The van der Waals surface area contributed by atoms with Gasteiger partial charge in [-0.1, -0.05) is 72.8 Å². The summed E-state index contributed by atoms with van der Waals surface area (Å²) in [6.07, 6.45) is 1.69. The first-order valence-electron chi connectivity index (χ1n) is 10.2. The van der Waals surface area contributed by atoms with Gasteiger partial charge in [0.05, 0.1) is 30.1 Å². The first-order chi connectivity index (χ1) is 15.6. The quantitative estimate of drug-likeness (QED) is 0.393. The molecule has 0 aliphatic heterocycles. The van der Waals surface area contributed by atoms with E-state index in [1.165, 1.54) is 0 Å². The van der Waals surface area contributed by atoms with Crippen molar-refractivity contribution in [3.05, 3.63) is 102 Å². The molecular formula is C27H23NO4. The Morgan fingerprint density at radius 3 is 2.25 bits per heavy atom. The number of aromatic nitrogens is 1. The third kappa shape index (κ3) is 4.32. The first-order valence-corrected chi connectivity index (χ1v) is 10.2. The number of nitrogens with zero attached hydrogens (tertiary/aromatic N) is 1. The Kier molecular flexibility index (Phi) is 6.17. The summed E-state index contributed by atoms with van der Waals surface area (Å²) in [5.41, 5.74) is 5.29. The molecule has 0 radical (unpaired) electrons. The SMILES string of the molecule is COc1cnc(C)c(OCc2ccccc2)c1-c1ccc(-c2ccccc2C(=O)O)cc1. The van der Waals surface area contributed by atoms with E-state index in [9.17, 15) is 9.90 Å². The molecule has 1 N–H and O–H groups in total. The minimum atomic E-state index is -0.951. The van der Waals surface area contributed by atoms with E-state index in [1.54, 1.807) is 25.4 Å². The van der Waals surface area contributed by atoms with Gasteiger partial charge in [-0.15, -0.1) is 0 Å². The molecule has 160 valence electrons. The lowest BCUT2D eigenvalue weighted by Crippen LogP contribution is -2.02. The number of carboxylic acids is 1. The molecule has 0 amide bonds. The van der Waals surface area contributed by atoms with Crippen molar-refractivity contribution in [3.63, 3.8) is 0 Å². The van der Waals surface area contributed by atoms with E-state index >= 15 is 0 Å². The van der Waals surface area contributed by atoms with Gasteiger partial charge < -0.3 is 14.6 Å². The number of hydrogen-bond acceptors (Lipinski definition) is 4. The van der Waals surface area contributed by atoms with Crippen LogP contribution in [0.15, 0.2) is 85.1 Å². The molecular weight excluding hydrogens is 402 g/mol. The third-order valence-electron chi connectivity index (χ3n) is 5.27. The van der Waals surface area contributed by atoms with Gasteiger partial charge in [-0.05, 0) is 35.2 Å². The molecule has 0 fully saturated rings. The van der Waals surface area contributed by atoms with E-state index in [0.29, 0.717) is 23.7 Å². The van der Waals surface area contributed by atoms with E-state index < -0.39 is 5.97 Å². The number of carboxylic acid groups (broad SMARTS) is 1. The van der Waals surface area contributed by atoms with Crippen LogP contribution in [0.1, 0.15) is 21.6 Å². The van der Waals surface area contributed by atoms with Crippen LogP contribution >= 0.6 is 0 Å². The summed E-state index contributed by atoms with van der Waals surface area (Å²) in [4.78, 5) is 16.0. The van der Waals surface area contributed by atoms with Gasteiger partial charge in [0.25, 0.3) is 0 Å². The van der Waals surface area contributed by atoms with Gasteiger partial charge in [0, 0.05) is 0 Å². The fraction of sp³-hybridized carbons (Fsp3) is 0.111. The number of carbonyl (C=O) groups is 1. The van der Waals surface area contributed by atoms with Gasteiger partial charge in [-0.25, -0.2) is 4.79 Å². The maximum absolute atomic E-state index is 11.6. The molecule has 4 aromatic rings.